The van der Waals surface area contributed by atoms with E-state index in [4.69, 9.17) is 5.11 Å². The smallest absolute Gasteiger partial charge is 0.327 e. The van der Waals surface area contributed by atoms with Crippen LogP contribution < -0.4 is 10.6 Å². The molecule has 0 aromatic carbocycles. The predicted octanol–water partition coefficient (Wildman–Crippen LogP) is -0.622. The molecule has 0 aliphatic heterocycles. The van der Waals surface area contributed by atoms with Crippen molar-refractivity contribution in [2.45, 2.75) is 25.8 Å². The molecule has 0 unspecified atom stereocenters. The molecule has 0 heterocycles. The van der Waals surface area contributed by atoms with Crippen molar-refractivity contribution in [2.75, 3.05) is 25.2 Å². The molecule has 0 radical (unpaired) electrons. The van der Waals surface area contributed by atoms with Crippen molar-refractivity contribution in [3.8, 4) is 0 Å². The molecule has 0 bridgehead atoms. The Balaban J connectivity index is 3.79. The van der Waals surface area contributed by atoms with Crippen LogP contribution in [0.15, 0.2) is 0 Å². The van der Waals surface area contributed by atoms with E-state index >= 15 is 0 Å². The van der Waals surface area contributed by atoms with E-state index in [1.807, 2.05) is 0 Å². The summed E-state index contributed by atoms with van der Waals surface area (Å²) in [6.07, 6.45) is 0.709. The van der Waals surface area contributed by atoms with Gasteiger partial charge in [-0.1, -0.05) is 0 Å². The highest BCUT2D eigenvalue weighted by Crippen LogP contribution is 2.03. The molecule has 0 fully saturated rings. The summed E-state index contributed by atoms with van der Waals surface area (Å²) in [6.45, 7) is 1.58. The number of rotatable bonds is 10. The van der Waals surface area contributed by atoms with Crippen LogP contribution >= 0.6 is 11.8 Å². The molecule has 120 valence electrons. The number of aliphatic carboxylic acids is 1. The van der Waals surface area contributed by atoms with Crippen molar-refractivity contribution in [1.29, 1.82) is 0 Å². The summed E-state index contributed by atoms with van der Waals surface area (Å²) in [5.41, 5.74) is 0. The molecule has 0 saturated heterocycles. The van der Waals surface area contributed by atoms with E-state index < -0.39 is 17.9 Å². The zero-order chi connectivity index (χ0) is 16.3. The molecule has 0 aliphatic rings. The quantitative estimate of drug-likeness (QED) is 0.362. The Morgan fingerprint density at radius 1 is 1.29 bits per heavy atom. The summed E-state index contributed by atoms with van der Waals surface area (Å²) in [5, 5.41) is 13.7. The zero-order valence-electron chi connectivity index (χ0n) is 12.0. The number of carboxylic acid groups (broad SMARTS) is 1. The van der Waals surface area contributed by atoms with Gasteiger partial charge in [0.25, 0.3) is 0 Å². The normalized spacial score (nSPS) is 11.3. The number of carbonyl (C=O) groups excluding carboxylic acids is 3. The average Bonchev–Trinajstić information content (AvgIpc) is 2.41. The lowest BCUT2D eigenvalue weighted by molar-refractivity contribution is -0.141. The second-order valence-electron chi connectivity index (χ2n) is 4.14. The maximum atomic E-state index is 11.4. The van der Waals surface area contributed by atoms with Gasteiger partial charge in [-0.15, -0.1) is 11.8 Å². The van der Waals surface area contributed by atoms with E-state index in [0.29, 0.717) is 13.0 Å². The lowest BCUT2D eigenvalue weighted by atomic mass is 10.3. The highest BCUT2D eigenvalue weighted by Gasteiger charge is 2.18. The van der Waals surface area contributed by atoms with E-state index in [0.717, 1.165) is 11.8 Å². The molecule has 8 nitrogen and oxygen atoms in total. The first kappa shape index (κ1) is 19.2. The molecule has 0 aliphatic carbocycles. The van der Waals surface area contributed by atoms with Crippen LogP contribution in [0.5, 0.6) is 0 Å². The Morgan fingerprint density at radius 3 is 2.48 bits per heavy atom. The zero-order valence-corrected chi connectivity index (χ0v) is 12.8. The average molecular weight is 320 g/mol. The van der Waals surface area contributed by atoms with Crippen LogP contribution in [0.1, 0.15) is 19.8 Å². The summed E-state index contributed by atoms with van der Waals surface area (Å²) in [7, 11) is 1.30. The van der Waals surface area contributed by atoms with Gasteiger partial charge >= 0.3 is 11.9 Å². The Morgan fingerprint density at radius 2 is 1.95 bits per heavy atom. The van der Waals surface area contributed by atoms with Crippen LogP contribution in [-0.4, -0.2) is 60.1 Å². The molecule has 21 heavy (non-hydrogen) atoms. The van der Waals surface area contributed by atoms with Gasteiger partial charge in [-0.3, -0.25) is 14.4 Å². The third-order valence-electron chi connectivity index (χ3n) is 2.30. The number of hydrogen-bond donors (Lipinski definition) is 3. The second kappa shape index (κ2) is 11.0. The molecular weight excluding hydrogens is 300 g/mol. The maximum absolute atomic E-state index is 11.4. The Kier molecular flexibility index (Phi) is 10.0. The minimum atomic E-state index is -1.14. The van der Waals surface area contributed by atoms with E-state index in [1.54, 1.807) is 0 Å². The molecule has 9 heteroatoms. The number of thioether (sulfide) groups is 1. The number of amides is 2. The van der Waals surface area contributed by atoms with Gasteiger partial charge in [-0.2, -0.15) is 0 Å². The van der Waals surface area contributed by atoms with Gasteiger partial charge in [-0.25, -0.2) is 4.79 Å². The van der Waals surface area contributed by atoms with Crippen molar-refractivity contribution < 1.29 is 29.0 Å². The summed E-state index contributed by atoms with van der Waals surface area (Å²) in [6, 6.07) is -1.01. The first-order chi connectivity index (χ1) is 9.86. The lowest BCUT2D eigenvalue weighted by Crippen LogP contribution is -2.41. The molecule has 0 rings (SSSR count). The second-order valence-corrected chi connectivity index (χ2v) is 5.17. The minimum absolute atomic E-state index is 0.0849. The predicted molar refractivity (Wildman–Crippen MR) is 76.8 cm³/mol. The van der Waals surface area contributed by atoms with Gasteiger partial charge in [0.05, 0.1) is 12.9 Å². The van der Waals surface area contributed by atoms with E-state index in [2.05, 4.69) is 15.4 Å². The number of methoxy groups -OCH3 is 1. The van der Waals surface area contributed by atoms with Gasteiger partial charge in [0.2, 0.25) is 11.8 Å². The fourth-order valence-electron chi connectivity index (χ4n) is 1.30. The molecule has 1 atom stereocenters. The van der Waals surface area contributed by atoms with Crippen LogP contribution in [0.3, 0.4) is 0 Å². The van der Waals surface area contributed by atoms with Crippen LogP contribution in [0.4, 0.5) is 0 Å². The van der Waals surface area contributed by atoms with Crippen LogP contribution in [-0.2, 0) is 23.9 Å². The topological polar surface area (TPSA) is 122 Å². The number of hydrogen-bond acceptors (Lipinski definition) is 6. The molecule has 3 N–H and O–H groups in total. The van der Waals surface area contributed by atoms with Crippen LogP contribution in [0.2, 0.25) is 0 Å². The first-order valence-corrected chi connectivity index (χ1v) is 7.43. The summed E-state index contributed by atoms with van der Waals surface area (Å²) < 4.78 is 4.46. The van der Waals surface area contributed by atoms with Crippen molar-refractivity contribution in [3.05, 3.63) is 0 Å². The molecule has 0 spiro atoms. The van der Waals surface area contributed by atoms with Crippen molar-refractivity contribution in [1.82, 2.24) is 10.6 Å². The van der Waals surface area contributed by atoms with Crippen molar-refractivity contribution in [3.63, 3.8) is 0 Å². The Labute approximate surface area is 127 Å². The van der Waals surface area contributed by atoms with Gasteiger partial charge < -0.3 is 20.5 Å². The third-order valence-corrected chi connectivity index (χ3v) is 3.34. The number of esters is 1. The van der Waals surface area contributed by atoms with E-state index in [1.165, 1.54) is 14.0 Å². The van der Waals surface area contributed by atoms with E-state index in [9.17, 15) is 19.2 Å². The molecule has 0 aromatic heterocycles. The standard InChI is InChI=1S/C12H20N2O6S/c1-8(15)14-9(12(18)19)6-21-7-10(16)13-5-3-4-11(17)20-2/h9H,3-7H2,1-2H3,(H,13,16)(H,14,15)(H,18,19)/t9-/m0/s1. The highest BCUT2D eigenvalue weighted by atomic mass is 32.2. The number of carbonyl (C=O) groups is 4. The first-order valence-electron chi connectivity index (χ1n) is 6.28. The Hall–Kier alpha value is -1.77. The number of nitrogens with one attached hydrogen (secondary N) is 2. The van der Waals surface area contributed by atoms with Gasteiger partial charge in [0.1, 0.15) is 6.04 Å². The molecule has 0 saturated carbocycles. The number of ether oxygens (including phenoxy) is 1. The summed E-state index contributed by atoms with van der Waals surface area (Å²) in [5.74, 6) is -1.98. The van der Waals surface area contributed by atoms with Gasteiger partial charge in [0, 0.05) is 25.6 Å². The fraction of sp³-hybridized carbons (Fsp3) is 0.667. The molecule has 2 amide bonds. The van der Waals surface area contributed by atoms with Crippen molar-refractivity contribution >= 4 is 35.5 Å². The monoisotopic (exact) mass is 320 g/mol. The largest absolute Gasteiger partial charge is 0.480 e. The fourth-order valence-corrected chi connectivity index (χ4v) is 2.17. The lowest BCUT2D eigenvalue weighted by Gasteiger charge is -2.12. The van der Waals surface area contributed by atoms with Gasteiger partial charge in [0.15, 0.2) is 0 Å². The maximum Gasteiger partial charge on any atom is 0.327 e. The minimum Gasteiger partial charge on any atom is -0.480 e. The number of carboxylic acids is 1. The Bertz CT molecular complexity index is 388. The molecule has 0 aromatic rings. The van der Waals surface area contributed by atoms with E-state index in [-0.39, 0.29) is 29.8 Å². The third kappa shape index (κ3) is 10.7. The van der Waals surface area contributed by atoms with Crippen LogP contribution in [0.25, 0.3) is 0 Å². The summed E-state index contributed by atoms with van der Waals surface area (Å²) >= 11 is 1.11. The SMILES string of the molecule is COC(=O)CCCNC(=O)CSC[C@H](NC(C)=O)C(=O)O. The molecular formula is C12H20N2O6S. The summed E-state index contributed by atoms with van der Waals surface area (Å²) in [4.78, 5) is 43.9. The van der Waals surface area contributed by atoms with Gasteiger partial charge in [-0.05, 0) is 6.42 Å². The van der Waals surface area contributed by atoms with Crippen molar-refractivity contribution in [2.24, 2.45) is 0 Å². The van der Waals surface area contributed by atoms with Crippen LogP contribution in [0, 0.1) is 0 Å². The highest BCUT2D eigenvalue weighted by molar-refractivity contribution is 8.00.